The molecule has 0 saturated heterocycles. The second kappa shape index (κ2) is 35.0. The highest BCUT2D eigenvalue weighted by molar-refractivity contribution is 7.47. The summed E-state index contributed by atoms with van der Waals surface area (Å²) in [4.78, 5) is 45.8. The SMILES string of the molecule is CCCCC/C=C/C/C=C/CCCCCCCC(=O)OC[C@H](COP(=O)(O)OC[C@H](N)C(=O)O)OC(=O)CCCCCCCCCCCCCC. The number of ether oxygens (including phenoxy) is 2. The number of hydrogen-bond donors (Lipinski definition) is 3. The number of carboxylic acids is 1. The second-order valence-corrected chi connectivity index (χ2v) is 14.9. The summed E-state index contributed by atoms with van der Waals surface area (Å²) >= 11 is 0. The van der Waals surface area contributed by atoms with E-state index in [1.807, 2.05) is 0 Å². The van der Waals surface area contributed by atoms with Crippen LogP contribution in [0.25, 0.3) is 0 Å². The van der Waals surface area contributed by atoms with E-state index in [9.17, 15) is 23.8 Å². The molecule has 4 N–H and O–H groups in total. The third-order valence-electron chi connectivity index (χ3n) is 8.45. The fourth-order valence-electron chi connectivity index (χ4n) is 5.27. The van der Waals surface area contributed by atoms with Crippen LogP contribution in [0.3, 0.4) is 0 Å². The monoisotopic (exact) mass is 745 g/mol. The number of rotatable bonds is 37. The minimum Gasteiger partial charge on any atom is -0.480 e. The summed E-state index contributed by atoms with van der Waals surface area (Å²) in [6, 6.07) is -1.52. The molecule has 0 aliphatic heterocycles. The van der Waals surface area contributed by atoms with Crippen molar-refractivity contribution in [3.8, 4) is 0 Å². The molecule has 0 rings (SSSR count). The predicted octanol–water partition coefficient (Wildman–Crippen LogP) is 9.89. The van der Waals surface area contributed by atoms with Gasteiger partial charge in [0, 0.05) is 12.8 Å². The van der Waals surface area contributed by atoms with Gasteiger partial charge in [-0.25, -0.2) is 4.57 Å². The lowest BCUT2D eigenvalue weighted by Crippen LogP contribution is -2.34. The van der Waals surface area contributed by atoms with Gasteiger partial charge in [-0.1, -0.05) is 141 Å². The van der Waals surface area contributed by atoms with Gasteiger partial charge in [-0.3, -0.25) is 23.4 Å². The van der Waals surface area contributed by atoms with Gasteiger partial charge >= 0.3 is 25.7 Å². The van der Waals surface area contributed by atoms with Crippen molar-refractivity contribution < 1.29 is 47.5 Å². The van der Waals surface area contributed by atoms with Crippen LogP contribution in [0.5, 0.6) is 0 Å². The summed E-state index contributed by atoms with van der Waals surface area (Å²) in [5, 5.41) is 8.86. The van der Waals surface area contributed by atoms with E-state index in [-0.39, 0.29) is 19.4 Å². The van der Waals surface area contributed by atoms with E-state index in [1.54, 1.807) is 0 Å². The minimum atomic E-state index is -4.71. The molecule has 11 nitrogen and oxygen atoms in total. The molecule has 0 fully saturated rings. The molecule has 0 aromatic heterocycles. The number of nitrogens with two attached hydrogens (primary N) is 1. The van der Waals surface area contributed by atoms with Crippen LogP contribution in [0.15, 0.2) is 24.3 Å². The zero-order valence-electron chi connectivity index (χ0n) is 31.9. The quantitative estimate of drug-likeness (QED) is 0.0239. The molecule has 12 heteroatoms. The molecule has 0 bridgehead atoms. The summed E-state index contributed by atoms with van der Waals surface area (Å²) in [5.74, 6) is -2.39. The van der Waals surface area contributed by atoms with Gasteiger partial charge in [0.25, 0.3) is 0 Å². The molecule has 0 saturated carbocycles. The van der Waals surface area contributed by atoms with Crippen molar-refractivity contribution in [1.29, 1.82) is 0 Å². The number of unbranched alkanes of at least 4 members (excludes halogenated alkanes) is 19. The number of carboxylic acid groups (broad SMARTS) is 1. The molecule has 0 aromatic rings. The van der Waals surface area contributed by atoms with Crippen molar-refractivity contribution in [3.05, 3.63) is 24.3 Å². The minimum absolute atomic E-state index is 0.161. The van der Waals surface area contributed by atoms with Crippen molar-refractivity contribution in [2.24, 2.45) is 5.73 Å². The number of aliphatic carboxylic acids is 1. The molecule has 0 aliphatic carbocycles. The standard InChI is InChI=1S/C39H72NO10P/c1-3-5-7-9-11-13-15-17-18-19-21-22-24-26-28-30-37(41)47-32-35(33-48-51(45,46)49-34-36(40)39(43)44)50-38(42)31-29-27-25-23-20-16-14-12-10-8-6-4-2/h11,13,17-18,35-36H,3-10,12,14-16,19-34,40H2,1-2H3,(H,43,44)(H,45,46)/b13-11+,18-17+/t35-,36+/m1/s1. The Morgan fingerprint density at radius 1 is 0.608 bits per heavy atom. The third kappa shape index (κ3) is 34.8. The predicted molar refractivity (Wildman–Crippen MR) is 203 cm³/mol. The molecule has 298 valence electrons. The van der Waals surface area contributed by atoms with E-state index in [4.69, 9.17) is 24.8 Å². The highest BCUT2D eigenvalue weighted by Gasteiger charge is 2.28. The summed E-state index contributed by atoms with van der Waals surface area (Å²) in [7, 11) is -4.71. The first-order chi connectivity index (χ1) is 24.6. The first kappa shape index (κ1) is 49.0. The Morgan fingerprint density at radius 3 is 1.57 bits per heavy atom. The van der Waals surface area contributed by atoms with Gasteiger partial charge < -0.3 is 25.2 Å². The lowest BCUT2D eigenvalue weighted by atomic mass is 10.0. The van der Waals surface area contributed by atoms with E-state index >= 15 is 0 Å². The Hall–Kier alpha value is -2.04. The largest absolute Gasteiger partial charge is 0.480 e. The van der Waals surface area contributed by atoms with Crippen LogP contribution in [0.1, 0.15) is 174 Å². The first-order valence-electron chi connectivity index (χ1n) is 19.9. The van der Waals surface area contributed by atoms with Crippen molar-refractivity contribution in [3.63, 3.8) is 0 Å². The van der Waals surface area contributed by atoms with Gasteiger partial charge in [0.05, 0.1) is 13.2 Å². The van der Waals surface area contributed by atoms with Crippen molar-refractivity contribution in [1.82, 2.24) is 0 Å². The van der Waals surface area contributed by atoms with Crippen molar-refractivity contribution >= 4 is 25.7 Å². The number of carbonyl (C=O) groups excluding carboxylic acids is 2. The molecular weight excluding hydrogens is 673 g/mol. The Labute approximate surface area is 309 Å². The summed E-state index contributed by atoms with van der Waals surface area (Å²) in [6.45, 7) is 2.75. The maximum atomic E-state index is 12.6. The van der Waals surface area contributed by atoms with Crippen LogP contribution < -0.4 is 5.73 Å². The molecule has 1 unspecified atom stereocenters. The fourth-order valence-corrected chi connectivity index (χ4v) is 6.05. The molecule has 0 heterocycles. The van der Waals surface area contributed by atoms with Gasteiger partial charge in [0.2, 0.25) is 0 Å². The summed E-state index contributed by atoms with van der Waals surface area (Å²) in [6.07, 6.45) is 33.8. The third-order valence-corrected chi connectivity index (χ3v) is 9.40. The smallest absolute Gasteiger partial charge is 0.472 e. The Bertz CT molecular complexity index is 974. The average molecular weight is 746 g/mol. The van der Waals surface area contributed by atoms with Crippen LogP contribution in [-0.4, -0.2) is 59.9 Å². The number of hydrogen-bond acceptors (Lipinski definition) is 9. The van der Waals surface area contributed by atoms with Crippen LogP contribution in [0.2, 0.25) is 0 Å². The zero-order valence-corrected chi connectivity index (χ0v) is 32.8. The second-order valence-electron chi connectivity index (χ2n) is 13.4. The van der Waals surface area contributed by atoms with Gasteiger partial charge in [0.1, 0.15) is 12.6 Å². The summed E-state index contributed by atoms with van der Waals surface area (Å²) in [5.41, 5.74) is 5.32. The maximum Gasteiger partial charge on any atom is 0.472 e. The number of esters is 2. The van der Waals surface area contributed by atoms with E-state index in [0.29, 0.717) is 12.8 Å². The highest BCUT2D eigenvalue weighted by atomic mass is 31.2. The number of phosphoric acid groups is 1. The maximum absolute atomic E-state index is 12.6. The molecule has 0 aromatic carbocycles. The van der Waals surface area contributed by atoms with E-state index in [2.05, 4.69) is 42.7 Å². The van der Waals surface area contributed by atoms with Crippen LogP contribution in [-0.2, 0) is 37.5 Å². The molecule has 0 spiro atoms. The number of allylic oxidation sites excluding steroid dienone is 4. The first-order valence-corrected chi connectivity index (χ1v) is 21.4. The molecule has 0 amide bonds. The van der Waals surface area contributed by atoms with Crippen LogP contribution >= 0.6 is 7.82 Å². The van der Waals surface area contributed by atoms with E-state index in [0.717, 1.165) is 64.2 Å². The van der Waals surface area contributed by atoms with Crippen LogP contribution in [0.4, 0.5) is 0 Å². The van der Waals surface area contributed by atoms with E-state index in [1.165, 1.54) is 70.6 Å². The Balaban J connectivity index is 4.43. The van der Waals surface area contributed by atoms with Crippen molar-refractivity contribution in [2.75, 3.05) is 19.8 Å². The molecule has 3 atom stereocenters. The lowest BCUT2D eigenvalue weighted by molar-refractivity contribution is -0.161. The topological polar surface area (TPSA) is 172 Å². The zero-order chi connectivity index (χ0) is 37.8. The van der Waals surface area contributed by atoms with Crippen molar-refractivity contribution in [2.45, 2.75) is 187 Å². The van der Waals surface area contributed by atoms with E-state index < -0.39 is 51.1 Å². The molecular formula is C39H72NO10P. The fraction of sp³-hybridized carbons (Fsp3) is 0.821. The number of phosphoric ester groups is 1. The van der Waals surface area contributed by atoms with Gasteiger partial charge in [-0.2, -0.15) is 0 Å². The Morgan fingerprint density at radius 2 is 1.04 bits per heavy atom. The Kier molecular flexibility index (Phi) is 33.6. The average Bonchev–Trinajstić information content (AvgIpc) is 3.10. The molecule has 0 aliphatic rings. The lowest BCUT2D eigenvalue weighted by Gasteiger charge is -2.20. The molecule has 0 radical (unpaired) electrons. The normalized spacial score (nSPS) is 14.1. The van der Waals surface area contributed by atoms with Gasteiger partial charge in [-0.05, 0) is 44.9 Å². The summed E-state index contributed by atoms with van der Waals surface area (Å²) < 4.78 is 32.6. The van der Waals surface area contributed by atoms with Gasteiger partial charge in [-0.15, -0.1) is 0 Å². The van der Waals surface area contributed by atoms with Crippen LogP contribution in [0, 0.1) is 0 Å². The number of carbonyl (C=O) groups is 3. The molecule has 51 heavy (non-hydrogen) atoms. The highest BCUT2D eigenvalue weighted by Crippen LogP contribution is 2.43. The van der Waals surface area contributed by atoms with Gasteiger partial charge in [0.15, 0.2) is 6.10 Å².